The summed E-state index contributed by atoms with van der Waals surface area (Å²) in [6.45, 7) is 4.59. The molecule has 0 radical (unpaired) electrons. The van der Waals surface area contributed by atoms with Gasteiger partial charge in [-0.05, 0) is 74.4 Å². The standard InChI is InChI=1S/C30H35IN6O4/c1-29(8-12-36(13-9-29)28(31)41)27(40)37(22-4-2-10-32-17-22)18-24(38)34-21-7-6-19-15-30(16-20(19)14-21)23-5-3-11-33-25(23)35-26(30)39/h3,5-7,11,14,22,32H,2,4,8-10,12-13,15-18H2,1H3,(H,34,38)(H,33,35,39)/t22-,30+/m0/s1. The number of anilines is 2. The second-order valence-corrected chi connectivity index (χ2v) is 13.0. The Bertz CT molecular complexity index is 1400. The quantitative estimate of drug-likeness (QED) is 0.255. The van der Waals surface area contributed by atoms with Gasteiger partial charge in [-0.25, -0.2) is 4.98 Å². The van der Waals surface area contributed by atoms with Crippen LogP contribution in [0.25, 0.3) is 0 Å². The van der Waals surface area contributed by atoms with E-state index in [1.54, 1.807) is 38.6 Å². The first kappa shape index (κ1) is 28.1. The third-order valence-electron chi connectivity index (χ3n) is 9.38. The van der Waals surface area contributed by atoms with Crippen LogP contribution >= 0.6 is 22.6 Å². The number of pyridine rings is 1. The number of benzene rings is 1. The van der Waals surface area contributed by atoms with Crippen LogP contribution in [0.3, 0.4) is 0 Å². The van der Waals surface area contributed by atoms with Crippen molar-refractivity contribution in [2.45, 2.75) is 56.9 Å². The predicted molar refractivity (Wildman–Crippen MR) is 163 cm³/mol. The molecule has 2 aromatic rings. The Morgan fingerprint density at radius 2 is 1.95 bits per heavy atom. The number of nitrogens with one attached hydrogen (secondary N) is 3. The lowest BCUT2D eigenvalue weighted by Crippen LogP contribution is -2.57. The van der Waals surface area contributed by atoms with Crippen molar-refractivity contribution in [3.05, 3.63) is 53.2 Å². The smallest absolute Gasteiger partial charge is 0.283 e. The molecular weight excluding hydrogens is 635 g/mol. The maximum Gasteiger partial charge on any atom is 0.283 e. The molecule has 1 aromatic carbocycles. The molecule has 3 aliphatic heterocycles. The Hall–Kier alpha value is -3.06. The zero-order valence-electron chi connectivity index (χ0n) is 23.2. The van der Waals surface area contributed by atoms with Crippen LogP contribution in [-0.4, -0.2) is 75.2 Å². The molecule has 10 nitrogen and oxygen atoms in total. The molecule has 2 fully saturated rings. The number of nitrogens with zero attached hydrogens (tertiary/aromatic N) is 3. The van der Waals surface area contributed by atoms with Gasteiger partial charge in [0.15, 0.2) is 0 Å². The van der Waals surface area contributed by atoms with Gasteiger partial charge in [0.1, 0.15) is 12.4 Å². The van der Waals surface area contributed by atoms with Gasteiger partial charge in [-0.3, -0.25) is 19.2 Å². The highest BCUT2D eigenvalue weighted by atomic mass is 127. The Kier molecular flexibility index (Phi) is 7.52. The fraction of sp³-hybridized carbons (Fsp3) is 0.500. The van der Waals surface area contributed by atoms with Crippen molar-refractivity contribution < 1.29 is 19.2 Å². The Morgan fingerprint density at radius 1 is 1.17 bits per heavy atom. The summed E-state index contributed by atoms with van der Waals surface area (Å²) < 4.78 is -0.000448. The van der Waals surface area contributed by atoms with Crippen LogP contribution in [0.4, 0.5) is 16.3 Å². The normalized spacial score (nSPS) is 24.4. The molecule has 1 aromatic heterocycles. The van der Waals surface area contributed by atoms with Crippen LogP contribution in [0.2, 0.25) is 0 Å². The molecule has 4 aliphatic rings. The van der Waals surface area contributed by atoms with Gasteiger partial charge in [-0.1, -0.05) is 19.1 Å². The number of fused-ring (bicyclic) bond motifs is 3. The van der Waals surface area contributed by atoms with Crippen LogP contribution in [0, 0.1) is 5.41 Å². The second kappa shape index (κ2) is 11.0. The number of halogens is 1. The van der Waals surface area contributed by atoms with Crippen LogP contribution in [0.1, 0.15) is 49.3 Å². The van der Waals surface area contributed by atoms with E-state index >= 15 is 0 Å². The lowest BCUT2D eigenvalue weighted by molar-refractivity contribution is -0.148. The van der Waals surface area contributed by atoms with Gasteiger partial charge in [-0.2, -0.15) is 0 Å². The molecule has 2 atom stereocenters. The zero-order chi connectivity index (χ0) is 28.8. The average molecular weight is 671 g/mol. The van der Waals surface area contributed by atoms with E-state index in [-0.39, 0.29) is 34.2 Å². The highest BCUT2D eigenvalue weighted by molar-refractivity contribution is 14.1. The lowest BCUT2D eigenvalue weighted by Gasteiger charge is -2.43. The van der Waals surface area contributed by atoms with Crippen molar-refractivity contribution in [1.82, 2.24) is 20.1 Å². The van der Waals surface area contributed by atoms with Gasteiger partial charge in [-0.15, -0.1) is 0 Å². The molecule has 1 spiro atoms. The largest absolute Gasteiger partial charge is 0.334 e. The van der Waals surface area contributed by atoms with Crippen molar-refractivity contribution in [2.75, 3.05) is 43.4 Å². The number of aromatic nitrogens is 1. The topological polar surface area (TPSA) is 124 Å². The van der Waals surface area contributed by atoms with E-state index in [2.05, 4.69) is 20.9 Å². The van der Waals surface area contributed by atoms with E-state index in [1.807, 2.05) is 37.3 Å². The summed E-state index contributed by atoms with van der Waals surface area (Å²) in [6.07, 6.45) is 5.78. The van der Waals surface area contributed by atoms with Gasteiger partial charge in [0.25, 0.3) is 3.91 Å². The maximum atomic E-state index is 14.0. The summed E-state index contributed by atoms with van der Waals surface area (Å²) in [6, 6.07) is 9.58. The second-order valence-electron chi connectivity index (χ2n) is 12.1. The molecule has 216 valence electrons. The number of carbonyl (C=O) groups excluding carboxylic acids is 4. The van der Waals surface area contributed by atoms with Crippen LogP contribution in [-0.2, 0) is 32.6 Å². The van der Waals surface area contributed by atoms with Gasteiger partial charge in [0, 0.05) is 71.1 Å². The number of carbonyl (C=O) groups is 4. The molecule has 2 saturated heterocycles. The van der Waals surface area contributed by atoms with Crippen molar-refractivity contribution in [3.63, 3.8) is 0 Å². The van der Waals surface area contributed by atoms with Crippen LogP contribution in [0.5, 0.6) is 0 Å². The Balaban J connectivity index is 1.16. The molecule has 6 rings (SSSR count). The number of piperidine rings is 2. The van der Waals surface area contributed by atoms with Gasteiger partial charge >= 0.3 is 0 Å². The minimum absolute atomic E-state index is 0.000448. The first-order chi connectivity index (χ1) is 19.7. The molecule has 0 bridgehead atoms. The minimum atomic E-state index is -0.668. The predicted octanol–water partition coefficient (Wildman–Crippen LogP) is 3.25. The summed E-state index contributed by atoms with van der Waals surface area (Å²) in [5, 5.41) is 9.33. The molecule has 1 aliphatic carbocycles. The number of likely N-dealkylation sites (tertiary alicyclic amines) is 1. The summed E-state index contributed by atoms with van der Waals surface area (Å²) in [5.74, 6) is 0.331. The zero-order valence-corrected chi connectivity index (χ0v) is 25.3. The van der Waals surface area contributed by atoms with E-state index in [0.29, 0.717) is 56.8 Å². The van der Waals surface area contributed by atoms with Gasteiger partial charge < -0.3 is 25.8 Å². The SMILES string of the molecule is CC1(C(=O)N(CC(=O)Nc2ccc3c(c2)C[C@@]2(C3)C(=O)Nc3ncccc32)[C@H]2CCCNC2)CCN(C(=O)I)CC1. The summed E-state index contributed by atoms with van der Waals surface area (Å²) >= 11 is 1.80. The van der Waals surface area contributed by atoms with Crippen molar-refractivity contribution in [1.29, 1.82) is 0 Å². The number of rotatable bonds is 5. The van der Waals surface area contributed by atoms with Crippen molar-refractivity contribution in [2.24, 2.45) is 5.41 Å². The minimum Gasteiger partial charge on any atom is -0.334 e. The Labute approximate surface area is 253 Å². The molecular formula is C30H35IN6O4. The highest BCUT2D eigenvalue weighted by Gasteiger charge is 2.51. The highest BCUT2D eigenvalue weighted by Crippen LogP contribution is 2.47. The third-order valence-corrected chi connectivity index (χ3v) is 10.1. The van der Waals surface area contributed by atoms with Crippen LogP contribution in [0.15, 0.2) is 36.5 Å². The molecule has 0 saturated carbocycles. The summed E-state index contributed by atoms with van der Waals surface area (Å²) in [5.41, 5.74) is 2.41. The molecule has 4 amide bonds. The molecule has 41 heavy (non-hydrogen) atoms. The summed E-state index contributed by atoms with van der Waals surface area (Å²) in [7, 11) is 0. The van der Waals surface area contributed by atoms with E-state index < -0.39 is 10.8 Å². The first-order valence-corrected chi connectivity index (χ1v) is 15.4. The van der Waals surface area contributed by atoms with Crippen molar-refractivity contribution in [3.8, 4) is 0 Å². The fourth-order valence-corrected chi connectivity index (χ4v) is 7.39. The lowest BCUT2D eigenvalue weighted by atomic mass is 9.78. The van der Waals surface area contributed by atoms with Gasteiger partial charge in [0.05, 0.1) is 5.41 Å². The fourth-order valence-electron chi connectivity index (χ4n) is 6.90. The Morgan fingerprint density at radius 3 is 2.68 bits per heavy atom. The molecule has 0 unspecified atom stereocenters. The molecule has 11 heteroatoms. The number of hydrogen-bond donors (Lipinski definition) is 3. The van der Waals surface area contributed by atoms with E-state index in [0.717, 1.165) is 36.1 Å². The van der Waals surface area contributed by atoms with Gasteiger partial charge in [0.2, 0.25) is 17.7 Å². The monoisotopic (exact) mass is 670 g/mol. The molecule has 3 N–H and O–H groups in total. The van der Waals surface area contributed by atoms with E-state index in [1.165, 1.54) is 0 Å². The first-order valence-electron chi connectivity index (χ1n) is 14.3. The molecule has 4 heterocycles. The third kappa shape index (κ3) is 5.22. The number of hydrogen-bond acceptors (Lipinski definition) is 6. The summed E-state index contributed by atoms with van der Waals surface area (Å²) in [4.78, 5) is 60.1. The van der Waals surface area contributed by atoms with E-state index in [9.17, 15) is 19.2 Å². The average Bonchev–Trinajstić information content (AvgIpc) is 3.48. The van der Waals surface area contributed by atoms with Crippen molar-refractivity contribution >= 4 is 55.7 Å². The van der Waals surface area contributed by atoms with E-state index in [4.69, 9.17) is 0 Å². The van der Waals surface area contributed by atoms with Crippen LogP contribution < -0.4 is 16.0 Å². The number of amides is 4. The maximum absolute atomic E-state index is 14.0.